The highest BCUT2D eigenvalue weighted by molar-refractivity contribution is 6.91. The van der Waals surface area contributed by atoms with Crippen molar-refractivity contribution in [2.24, 2.45) is 0 Å². The second-order valence-corrected chi connectivity index (χ2v) is 10.4. The standard InChI is InChI=1S/C18H22OSi/c1-20(2,17-11-7-4-8-12-17)18(15-19)14-13-16-9-5-3-6-10-16/h3-14,18-19H,15H2,1-2H3/b14-13+/t18-/m1/s1. The van der Waals surface area contributed by atoms with Crippen molar-refractivity contribution in [1.82, 2.24) is 0 Å². The topological polar surface area (TPSA) is 20.2 Å². The van der Waals surface area contributed by atoms with Gasteiger partial charge in [-0.25, -0.2) is 0 Å². The molecule has 0 aliphatic carbocycles. The molecule has 2 aromatic rings. The predicted molar refractivity (Wildman–Crippen MR) is 89.9 cm³/mol. The van der Waals surface area contributed by atoms with Crippen LogP contribution in [0.2, 0.25) is 18.6 Å². The Bertz CT molecular complexity index is 546. The van der Waals surface area contributed by atoms with Gasteiger partial charge >= 0.3 is 0 Å². The molecule has 0 bridgehead atoms. The van der Waals surface area contributed by atoms with E-state index < -0.39 is 8.07 Å². The maximum Gasteiger partial charge on any atom is 0.0898 e. The minimum atomic E-state index is -1.70. The van der Waals surface area contributed by atoms with Gasteiger partial charge in [0.05, 0.1) is 8.07 Å². The highest BCUT2D eigenvalue weighted by Gasteiger charge is 2.31. The summed E-state index contributed by atoms with van der Waals surface area (Å²) < 4.78 is 0. The lowest BCUT2D eigenvalue weighted by atomic mass is 10.2. The summed E-state index contributed by atoms with van der Waals surface area (Å²) in [5, 5.41) is 11.2. The van der Waals surface area contributed by atoms with Gasteiger partial charge in [-0.15, -0.1) is 0 Å². The molecule has 0 fully saturated rings. The van der Waals surface area contributed by atoms with Crippen molar-refractivity contribution in [1.29, 1.82) is 0 Å². The normalized spacial score (nSPS) is 13.6. The lowest BCUT2D eigenvalue weighted by Crippen LogP contribution is -2.46. The molecule has 0 amide bonds. The van der Waals surface area contributed by atoms with E-state index in [4.69, 9.17) is 0 Å². The zero-order chi connectivity index (χ0) is 14.4. The molecule has 0 saturated heterocycles. The summed E-state index contributed by atoms with van der Waals surface area (Å²) in [6.07, 6.45) is 4.30. The Kier molecular flexibility index (Phi) is 4.93. The highest BCUT2D eigenvalue weighted by Crippen LogP contribution is 2.24. The number of rotatable bonds is 5. The summed E-state index contributed by atoms with van der Waals surface area (Å²) in [7, 11) is -1.70. The van der Waals surface area contributed by atoms with Gasteiger partial charge in [-0.3, -0.25) is 0 Å². The van der Waals surface area contributed by atoms with Crippen LogP contribution in [-0.4, -0.2) is 19.8 Å². The van der Waals surface area contributed by atoms with E-state index in [1.54, 1.807) is 0 Å². The van der Waals surface area contributed by atoms with Crippen molar-refractivity contribution in [2.45, 2.75) is 18.6 Å². The minimum Gasteiger partial charge on any atom is -0.396 e. The van der Waals surface area contributed by atoms with Gasteiger partial charge in [0.2, 0.25) is 0 Å². The molecule has 0 aliphatic heterocycles. The zero-order valence-electron chi connectivity index (χ0n) is 12.2. The van der Waals surface area contributed by atoms with Crippen molar-refractivity contribution >= 4 is 19.3 Å². The molecule has 0 unspecified atom stereocenters. The molecule has 0 spiro atoms. The van der Waals surface area contributed by atoms with Crippen LogP contribution in [0.15, 0.2) is 66.7 Å². The molecule has 20 heavy (non-hydrogen) atoms. The molecular formula is C18H22OSi. The van der Waals surface area contributed by atoms with Crippen LogP contribution < -0.4 is 5.19 Å². The van der Waals surface area contributed by atoms with Gasteiger partial charge in [0.1, 0.15) is 0 Å². The maximum atomic E-state index is 9.78. The lowest BCUT2D eigenvalue weighted by Gasteiger charge is -2.29. The van der Waals surface area contributed by atoms with Crippen LogP contribution in [0.3, 0.4) is 0 Å². The molecule has 1 atom stereocenters. The van der Waals surface area contributed by atoms with Gasteiger partial charge < -0.3 is 5.11 Å². The van der Waals surface area contributed by atoms with Crippen molar-refractivity contribution in [3.63, 3.8) is 0 Å². The first kappa shape index (κ1) is 14.8. The molecule has 0 radical (unpaired) electrons. The molecule has 2 heteroatoms. The molecule has 104 valence electrons. The number of hydrogen-bond acceptors (Lipinski definition) is 1. The van der Waals surface area contributed by atoms with Gasteiger partial charge in [0.25, 0.3) is 0 Å². The predicted octanol–water partition coefficient (Wildman–Crippen LogP) is 3.68. The van der Waals surface area contributed by atoms with E-state index in [1.807, 2.05) is 24.3 Å². The molecule has 2 rings (SSSR count). The van der Waals surface area contributed by atoms with Crippen LogP contribution in [0.25, 0.3) is 6.08 Å². The molecule has 1 nitrogen and oxygen atoms in total. The SMILES string of the molecule is C[Si](C)(c1ccccc1)[C@H](/C=C/c1ccccc1)CO. The van der Waals surface area contributed by atoms with Crippen LogP contribution in [-0.2, 0) is 0 Å². The number of hydrogen-bond donors (Lipinski definition) is 1. The highest BCUT2D eigenvalue weighted by atomic mass is 28.3. The largest absolute Gasteiger partial charge is 0.396 e. The van der Waals surface area contributed by atoms with E-state index in [2.05, 4.69) is 61.6 Å². The summed E-state index contributed by atoms with van der Waals surface area (Å²) in [5.41, 5.74) is 1.41. The Morgan fingerprint density at radius 2 is 1.50 bits per heavy atom. The lowest BCUT2D eigenvalue weighted by molar-refractivity contribution is 0.300. The van der Waals surface area contributed by atoms with Gasteiger partial charge in [-0.1, -0.05) is 91.1 Å². The summed E-state index contributed by atoms with van der Waals surface area (Å²) in [6.45, 7) is 4.84. The first-order chi connectivity index (χ1) is 9.64. The van der Waals surface area contributed by atoms with Crippen molar-refractivity contribution in [3.05, 3.63) is 72.3 Å². The van der Waals surface area contributed by atoms with Crippen molar-refractivity contribution < 1.29 is 5.11 Å². The Hall–Kier alpha value is -1.64. The minimum absolute atomic E-state index is 0.206. The van der Waals surface area contributed by atoms with Gasteiger partial charge in [-0.05, 0) is 11.1 Å². The molecule has 0 heterocycles. The summed E-state index contributed by atoms with van der Waals surface area (Å²) in [6, 6.07) is 20.8. The molecule has 0 aromatic heterocycles. The smallest absolute Gasteiger partial charge is 0.0898 e. The quantitative estimate of drug-likeness (QED) is 0.830. The Labute approximate surface area is 122 Å². The monoisotopic (exact) mass is 282 g/mol. The average Bonchev–Trinajstić information content (AvgIpc) is 2.49. The van der Waals surface area contributed by atoms with Gasteiger partial charge in [0, 0.05) is 6.61 Å². The molecule has 2 aromatic carbocycles. The first-order valence-electron chi connectivity index (χ1n) is 7.04. The fourth-order valence-electron chi connectivity index (χ4n) is 2.40. The molecule has 0 saturated carbocycles. The second kappa shape index (κ2) is 6.68. The van der Waals surface area contributed by atoms with E-state index in [9.17, 15) is 5.11 Å². The van der Waals surface area contributed by atoms with Gasteiger partial charge in [-0.2, -0.15) is 0 Å². The summed E-state index contributed by atoms with van der Waals surface area (Å²) in [4.78, 5) is 0. The number of benzene rings is 2. The number of aliphatic hydroxyl groups excluding tert-OH is 1. The summed E-state index contributed by atoms with van der Waals surface area (Å²) >= 11 is 0. The van der Waals surface area contributed by atoms with Crippen molar-refractivity contribution in [2.75, 3.05) is 6.61 Å². The molecule has 1 N–H and O–H groups in total. The van der Waals surface area contributed by atoms with Crippen LogP contribution in [0, 0.1) is 0 Å². The average molecular weight is 282 g/mol. The van der Waals surface area contributed by atoms with Crippen LogP contribution in [0.4, 0.5) is 0 Å². The van der Waals surface area contributed by atoms with Gasteiger partial charge in [0.15, 0.2) is 0 Å². The van der Waals surface area contributed by atoms with Crippen LogP contribution in [0.5, 0.6) is 0 Å². The first-order valence-corrected chi connectivity index (χ1v) is 10.1. The fraction of sp³-hybridized carbons (Fsp3) is 0.222. The molecule has 0 aliphatic rings. The van der Waals surface area contributed by atoms with E-state index in [1.165, 1.54) is 10.8 Å². The zero-order valence-corrected chi connectivity index (χ0v) is 13.2. The Morgan fingerprint density at radius 3 is 2.05 bits per heavy atom. The Morgan fingerprint density at radius 1 is 0.950 bits per heavy atom. The van der Waals surface area contributed by atoms with Crippen LogP contribution in [0.1, 0.15) is 5.56 Å². The van der Waals surface area contributed by atoms with E-state index in [0.717, 1.165) is 0 Å². The Balaban J connectivity index is 2.22. The maximum absolute atomic E-state index is 9.78. The third-order valence-corrected chi connectivity index (χ3v) is 8.01. The fourth-order valence-corrected chi connectivity index (χ4v) is 4.92. The summed E-state index contributed by atoms with van der Waals surface area (Å²) in [5.74, 6) is 0. The van der Waals surface area contributed by atoms with E-state index in [0.29, 0.717) is 0 Å². The third kappa shape index (κ3) is 3.47. The van der Waals surface area contributed by atoms with Crippen molar-refractivity contribution in [3.8, 4) is 0 Å². The van der Waals surface area contributed by atoms with Crippen LogP contribution >= 0.6 is 0 Å². The van der Waals surface area contributed by atoms with E-state index in [-0.39, 0.29) is 12.1 Å². The number of aliphatic hydroxyl groups is 1. The second-order valence-electron chi connectivity index (χ2n) is 5.65. The third-order valence-electron chi connectivity index (χ3n) is 3.96. The van der Waals surface area contributed by atoms with E-state index >= 15 is 0 Å². The molecular weight excluding hydrogens is 260 g/mol.